The molecule has 104 valence electrons. The molecule has 1 saturated heterocycles. The smallest absolute Gasteiger partial charge is 0.360 e. The van der Waals surface area contributed by atoms with Crippen LogP contribution in [-0.4, -0.2) is 41.7 Å². The van der Waals surface area contributed by atoms with Crippen LogP contribution >= 0.6 is 0 Å². The maximum atomic E-state index is 11.5. The fraction of sp³-hybridized carbons (Fsp3) is 0.583. The van der Waals surface area contributed by atoms with Crippen molar-refractivity contribution in [2.75, 3.05) is 24.6 Å². The zero-order valence-electron chi connectivity index (χ0n) is 10.7. The number of esters is 1. The Bertz CT molecular complexity index is 470. The average Bonchev–Trinajstić information content (AvgIpc) is 2.89. The first-order chi connectivity index (χ1) is 9.11. The third-order valence-electron chi connectivity index (χ3n) is 3.02. The molecule has 0 aliphatic carbocycles. The molecule has 0 saturated carbocycles. The number of rotatable bonds is 4. The second-order valence-corrected chi connectivity index (χ2v) is 4.36. The van der Waals surface area contributed by atoms with Gasteiger partial charge < -0.3 is 19.2 Å². The summed E-state index contributed by atoms with van der Waals surface area (Å²) in [6, 6.07) is 0.272. The van der Waals surface area contributed by atoms with Gasteiger partial charge in [0, 0.05) is 13.1 Å². The number of carbonyl (C=O) groups excluding carboxylic acids is 1. The summed E-state index contributed by atoms with van der Waals surface area (Å²) in [5.74, 6) is -1.78. The predicted octanol–water partition coefficient (Wildman–Crippen LogP) is 1.15. The lowest BCUT2D eigenvalue weighted by Gasteiger charge is -2.29. The van der Waals surface area contributed by atoms with E-state index in [-0.39, 0.29) is 18.3 Å². The fourth-order valence-electron chi connectivity index (χ4n) is 2.06. The van der Waals surface area contributed by atoms with Crippen LogP contribution in [0.5, 0.6) is 0 Å². The van der Waals surface area contributed by atoms with E-state index in [1.54, 1.807) is 11.8 Å². The van der Waals surface area contributed by atoms with Crippen LogP contribution in [0.2, 0.25) is 0 Å². The number of oxazole rings is 1. The quantitative estimate of drug-likeness (QED) is 0.819. The zero-order chi connectivity index (χ0) is 13.8. The largest absolute Gasteiger partial charge is 0.481 e. The first kappa shape index (κ1) is 13.4. The summed E-state index contributed by atoms with van der Waals surface area (Å²) in [4.78, 5) is 28.2. The van der Waals surface area contributed by atoms with Crippen molar-refractivity contribution in [3.05, 3.63) is 12.0 Å². The van der Waals surface area contributed by atoms with E-state index in [0.29, 0.717) is 19.5 Å². The van der Waals surface area contributed by atoms with Gasteiger partial charge in [-0.15, -0.1) is 0 Å². The lowest BCUT2D eigenvalue weighted by atomic mass is 9.99. The van der Waals surface area contributed by atoms with Crippen LogP contribution in [0, 0.1) is 5.92 Å². The minimum absolute atomic E-state index is 0.106. The van der Waals surface area contributed by atoms with Gasteiger partial charge in [0.15, 0.2) is 5.69 Å². The molecule has 1 atom stereocenters. The molecule has 0 aromatic carbocycles. The van der Waals surface area contributed by atoms with Gasteiger partial charge in [0.25, 0.3) is 6.01 Å². The molecule has 1 aliphatic heterocycles. The Morgan fingerprint density at radius 2 is 2.42 bits per heavy atom. The molecule has 19 heavy (non-hydrogen) atoms. The molecule has 2 rings (SSSR count). The normalized spacial score (nSPS) is 19.2. The molecule has 1 aromatic rings. The number of hydrogen-bond acceptors (Lipinski definition) is 6. The van der Waals surface area contributed by atoms with E-state index in [4.69, 9.17) is 14.3 Å². The van der Waals surface area contributed by atoms with Gasteiger partial charge in [-0.25, -0.2) is 4.79 Å². The lowest BCUT2D eigenvalue weighted by molar-refractivity contribution is -0.141. The number of aliphatic carboxylic acids is 1. The maximum Gasteiger partial charge on any atom is 0.360 e. The summed E-state index contributed by atoms with van der Waals surface area (Å²) < 4.78 is 10.0. The topological polar surface area (TPSA) is 92.9 Å². The molecule has 0 spiro atoms. The summed E-state index contributed by atoms with van der Waals surface area (Å²) in [5.41, 5.74) is 0.106. The van der Waals surface area contributed by atoms with Crippen LogP contribution in [0.3, 0.4) is 0 Å². The highest BCUT2D eigenvalue weighted by atomic mass is 16.5. The van der Waals surface area contributed by atoms with Crippen LogP contribution in [-0.2, 0) is 9.53 Å². The number of carbonyl (C=O) groups is 2. The second kappa shape index (κ2) is 5.73. The monoisotopic (exact) mass is 268 g/mol. The number of ether oxygens (including phenoxy) is 1. The van der Waals surface area contributed by atoms with Crippen molar-refractivity contribution in [2.45, 2.75) is 19.8 Å². The Morgan fingerprint density at radius 1 is 1.63 bits per heavy atom. The summed E-state index contributed by atoms with van der Waals surface area (Å²) in [5, 5.41) is 9.01. The highest BCUT2D eigenvalue weighted by Gasteiger charge is 2.28. The standard InChI is InChI=1S/C12H16N2O5/c1-2-18-11(17)9-7-19-12(13-9)14-5-3-4-8(6-14)10(15)16/h7-8H,2-6H2,1H3,(H,15,16). The second-order valence-electron chi connectivity index (χ2n) is 4.36. The van der Waals surface area contributed by atoms with E-state index >= 15 is 0 Å². The lowest BCUT2D eigenvalue weighted by Crippen LogP contribution is -2.38. The number of carboxylic acids is 1. The van der Waals surface area contributed by atoms with Gasteiger partial charge >= 0.3 is 11.9 Å². The Hall–Kier alpha value is -2.05. The van der Waals surface area contributed by atoms with Gasteiger partial charge in [0.1, 0.15) is 6.26 Å². The predicted molar refractivity (Wildman–Crippen MR) is 65.0 cm³/mol. The summed E-state index contributed by atoms with van der Waals surface area (Å²) in [6.07, 6.45) is 2.64. The fourth-order valence-corrected chi connectivity index (χ4v) is 2.06. The molecule has 1 fully saturated rings. The number of anilines is 1. The Balaban J connectivity index is 2.05. The third kappa shape index (κ3) is 3.04. The number of nitrogens with zero attached hydrogens (tertiary/aromatic N) is 2. The number of carboxylic acid groups (broad SMARTS) is 1. The van der Waals surface area contributed by atoms with Crippen LogP contribution in [0.25, 0.3) is 0 Å². The molecular weight excluding hydrogens is 252 g/mol. The third-order valence-corrected chi connectivity index (χ3v) is 3.02. The molecule has 0 radical (unpaired) electrons. The van der Waals surface area contributed by atoms with Crippen LogP contribution in [0.4, 0.5) is 6.01 Å². The van der Waals surface area contributed by atoms with Crippen molar-refractivity contribution >= 4 is 18.0 Å². The molecule has 0 bridgehead atoms. The van der Waals surface area contributed by atoms with Crippen molar-refractivity contribution < 1.29 is 23.8 Å². The summed E-state index contributed by atoms with van der Waals surface area (Å²) >= 11 is 0. The van der Waals surface area contributed by atoms with Gasteiger partial charge in [-0.05, 0) is 19.8 Å². The minimum Gasteiger partial charge on any atom is -0.481 e. The first-order valence-electron chi connectivity index (χ1n) is 6.22. The van der Waals surface area contributed by atoms with Crippen LogP contribution < -0.4 is 4.90 Å². The van der Waals surface area contributed by atoms with Crippen LogP contribution in [0.1, 0.15) is 30.3 Å². The van der Waals surface area contributed by atoms with Gasteiger partial charge in [-0.3, -0.25) is 4.79 Å². The van der Waals surface area contributed by atoms with E-state index < -0.39 is 17.9 Å². The van der Waals surface area contributed by atoms with Crippen molar-refractivity contribution in [3.63, 3.8) is 0 Å². The molecule has 1 aliphatic rings. The molecular formula is C12H16N2O5. The van der Waals surface area contributed by atoms with Gasteiger partial charge in [0.05, 0.1) is 12.5 Å². The average molecular weight is 268 g/mol. The first-order valence-corrected chi connectivity index (χ1v) is 6.22. The van der Waals surface area contributed by atoms with Gasteiger partial charge in [0.2, 0.25) is 0 Å². The Morgan fingerprint density at radius 3 is 3.11 bits per heavy atom. The number of piperidine rings is 1. The van der Waals surface area contributed by atoms with E-state index in [1.807, 2.05) is 0 Å². The molecule has 1 unspecified atom stereocenters. The molecule has 7 heteroatoms. The molecule has 1 aromatic heterocycles. The van der Waals surface area contributed by atoms with Crippen molar-refractivity contribution in [1.82, 2.24) is 4.98 Å². The molecule has 1 N–H and O–H groups in total. The van der Waals surface area contributed by atoms with Gasteiger partial charge in [-0.1, -0.05) is 0 Å². The SMILES string of the molecule is CCOC(=O)c1coc(N2CCCC(C(=O)O)C2)n1. The van der Waals surface area contributed by atoms with Crippen LogP contribution in [0.15, 0.2) is 10.7 Å². The van der Waals surface area contributed by atoms with E-state index in [9.17, 15) is 9.59 Å². The van der Waals surface area contributed by atoms with Crippen molar-refractivity contribution in [3.8, 4) is 0 Å². The maximum absolute atomic E-state index is 11.5. The minimum atomic E-state index is -0.818. The highest BCUT2D eigenvalue weighted by molar-refractivity contribution is 5.87. The Kier molecular flexibility index (Phi) is 4.03. The number of aromatic nitrogens is 1. The van der Waals surface area contributed by atoms with E-state index in [2.05, 4.69) is 4.98 Å². The Labute approximate surface area is 110 Å². The zero-order valence-corrected chi connectivity index (χ0v) is 10.7. The van der Waals surface area contributed by atoms with E-state index in [0.717, 1.165) is 6.42 Å². The summed E-state index contributed by atoms with van der Waals surface area (Å²) in [7, 11) is 0. The molecule has 7 nitrogen and oxygen atoms in total. The van der Waals surface area contributed by atoms with Gasteiger partial charge in [-0.2, -0.15) is 4.98 Å². The summed E-state index contributed by atoms with van der Waals surface area (Å²) in [6.45, 7) is 3.00. The van der Waals surface area contributed by atoms with Crippen molar-refractivity contribution in [1.29, 1.82) is 0 Å². The molecule has 0 amide bonds. The van der Waals surface area contributed by atoms with E-state index in [1.165, 1.54) is 6.26 Å². The van der Waals surface area contributed by atoms with Crippen molar-refractivity contribution in [2.24, 2.45) is 5.92 Å². The molecule has 2 heterocycles. The highest BCUT2D eigenvalue weighted by Crippen LogP contribution is 2.23. The number of hydrogen-bond donors (Lipinski definition) is 1.